The highest BCUT2D eigenvalue weighted by Gasteiger charge is 2.28. The van der Waals surface area contributed by atoms with Gasteiger partial charge in [0, 0.05) is 25.1 Å². The van der Waals surface area contributed by atoms with Crippen LogP contribution in [0.1, 0.15) is 22.5 Å². The fourth-order valence-corrected chi connectivity index (χ4v) is 4.02. The zero-order valence-corrected chi connectivity index (χ0v) is 16.7. The number of anilines is 1. The van der Waals surface area contributed by atoms with Gasteiger partial charge in [-0.15, -0.1) is 11.3 Å². The second kappa shape index (κ2) is 8.63. The first-order valence-electron chi connectivity index (χ1n) is 8.58. The first-order valence-corrected chi connectivity index (χ1v) is 9.84. The second-order valence-corrected chi connectivity index (χ2v) is 7.57. The van der Waals surface area contributed by atoms with Crippen molar-refractivity contribution in [1.82, 2.24) is 4.90 Å². The quantitative estimate of drug-likeness (QED) is 0.814. The van der Waals surface area contributed by atoms with E-state index in [1.807, 2.05) is 17.5 Å². The number of nitrogens with one attached hydrogen (secondary N) is 1. The third kappa shape index (κ3) is 4.36. The lowest BCUT2D eigenvalue weighted by Crippen LogP contribution is -2.41. The van der Waals surface area contributed by atoms with Crippen molar-refractivity contribution in [2.24, 2.45) is 5.92 Å². The van der Waals surface area contributed by atoms with Crippen molar-refractivity contribution in [2.45, 2.75) is 12.8 Å². The van der Waals surface area contributed by atoms with E-state index < -0.39 is 0 Å². The van der Waals surface area contributed by atoms with Crippen LogP contribution < -0.4 is 14.8 Å². The average molecular weight is 409 g/mol. The molecule has 3 rings (SSSR count). The SMILES string of the molecule is COc1cc(OC)c(NC(=O)C2CCN(C(=O)c3cccs3)CC2)cc1Cl. The number of nitrogens with zero attached hydrogens (tertiary/aromatic N) is 1. The standard InChI is InChI=1S/C19H21ClN2O4S/c1-25-15-11-16(26-2)14(10-13(15)20)21-18(23)12-5-7-22(8-6-12)19(24)17-4-3-9-27-17/h3-4,9-12H,5-8H2,1-2H3,(H,21,23). The summed E-state index contributed by atoms with van der Waals surface area (Å²) < 4.78 is 10.5. The predicted molar refractivity (Wildman–Crippen MR) is 106 cm³/mol. The number of rotatable bonds is 5. The van der Waals surface area contributed by atoms with Crippen molar-refractivity contribution in [3.05, 3.63) is 39.5 Å². The van der Waals surface area contributed by atoms with Gasteiger partial charge in [-0.25, -0.2) is 0 Å². The van der Waals surface area contributed by atoms with E-state index >= 15 is 0 Å². The molecular formula is C19H21ClN2O4S. The van der Waals surface area contributed by atoms with Crippen LogP contribution in [0.5, 0.6) is 11.5 Å². The minimum Gasteiger partial charge on any atom is -0.495 e. The summed E-state index contributed by atoms with van der Waals surface area (Å²) in [6.45, 7) is 1.13. The molecule has 27 heavy (non-hydrogen) atoms. The van der Waals surface area contributed by atoms with Crippen molar-refractivity contribution in [2.75, 3.05) is 32.6 Å². The molecule has 0 saturated carbocycles. The highest BCUT2D eigenvalue weighted by Crippen LogP contribution is 2.36. The molecule has 1 aromatic carbocycles. The van der Waals surface area contributed by atoms with Crippen molar-refractivity contribution in [3.8, 4) is 11.5 Å². The van der Waals surface area contributed by atoms with Gasteiger partial charge in [0.15, 0.2) is 0 Å². The maximum Gasteiger partial charge on any atom is 0.263 e. The molecule has 1 aromatic heterocycles. The number of methoxy groups -OCH3 is 2. The second-order valence-electron chi connectivity index (χ2n) is 6.22. The van der Waals surface area contributed by atoms with Gasteiger partial charge < -0.3 is 19.7 Å². The van der Waals surface area contributed by atoms with Crippen LogP contribution in [0.25, 0.3) is 0 Å². The van der Waals surface area contributed by atoms with Crippen LogP contribution in [-0.2, 0) is 4.79 Å². The number of benzene rings is 1. The molecule has 1 aliphatic rings. The average Bonchev–Trinajstić information content (AvgIpc) is 3.22. The van der Waals surface area contributed by atoms with E-state index in [0.717, 1.165) is 4.88 Å². The lowest BCUT2D eigenvalue weighted by Gasteiger charge is -2.31. The molecule has 0 unspecified atom stereocenters. The lowest BCUT2D eigenvalue weighted by atomic mass is 9.95. The van der Waals surface area contributed by atoms with E-state index in [0.29, 0.717) is 48.1 Å². The number of carbonyl (C=O) groups excluding carboxylic acids is 2. The van der Waals surface area contributed by atoms with E-state index in [-0.39, 0.29) is 17.7 Å². The normalized spacial score (nSPS) is 14.7. The number of hydrogen-bond acceptors (Lipinski definition) is 5. The van der Waals surface area contributed by atoms with Crippen molar-refractivity contribution < 1.29 is 19.1 Å². The number of halogens is 1. The van der Waals surface area contributed by atoms with Crippen molar-refractivity contribution >= 4 is 40.4 Å². The molecule has 0 atom stereocenters. The number of thiophene rings is 1. The molecule has 1 saturated heterocycles. The number of likely N-dealkylation sites (tertiary alicyclic amines) is 1. The van der Waals surface area contributed by atoms with Gasteiger partial charge in [-0.2, -0.15) is 0 Å². The highest BCUT2D eigenvalue weighted by atomic mass is 35.5. The van der Waals surface area contributed by atoms with Gasteiger partial charge in [0.05, 0.1) is 29.8 Å². The summed E-state index contributed by atoms with van der Waals surface area (Å²) in [5.74, 6) is 0.731. The highest BCUT2D eigenvalue weighted by molar-refractivity contribution is 7.12. The molecule has 0 spiro atoms. The van der Waals surface area contributed by atoms with Gasteiger partial charge in [0.1, 0.15) is 11.5 Å². The summed E-state index contributed by atoms with van der Waals surface area (Å²) in [5.41, 5.74) is 0.505. The maximum absolute atomic E-state index is 12.7. The Morgan fingerprint density at radius 3 is 2.48 bits per heavy atom. The van der Waals surface area contributed by atoms with Gasteiger partial charge in [0.25, 0.3) is 5.91 Å². The van der Waals surface area contributed by atoms with Crippen LogP contribution in [0.15, 0.2) is 29.6 Å². The molecule has 0 aliphatic carbocycles. The number of amides is 2. The van der Waals surface area contributed by atoms with E-state index in [1.54, 1.807) is 17.0 Å². The van der Waals surface area contributed by atoms with Gasteiger partial charge in [0.2, 0.25) is 5.91 Å². The van der Waals surface area contributed by atoms with E-state index in [9.17, 15) is 9.59 Å². The zero-order valence-electron chi connectivity index (χ0n) is 15.2. The van der Waals surface area contributed by atoms with Crippen LogP contribution in [0.3, 0.4) is 0 Å². The van der Waals surface area contributed by atoms with Crippen LogP contribution in [0.2, 0.25) is 5.02 Å². The molecule has 1 N–H and O–H groups in total. The number of piperidine rings is 1. The first kappa shape index (κ1) is 19.5. The molecule has 1 aliphatic heterocycles. The summed E-state index contributed by atoms with van der Waals surface area (Å²) in [7, 11) is 3.04. The Morgan fingerprint density at radius 2 is 1.89 bits per heavy atom. The molecule has 6 nitrogen and oxygen atoms in total. The Hall–Kier alpha value is -2.25. The molecule has 0 bridgehead atoms. The topological polar surface area (TPSA) is 67.9 Å². The molecule has 1 fully saturated rings. The first-order chi connectivity index (χ1) is 13.0. The number of ether oxygens (including phenoxy) is 2. The van der Waals surface area contributed by atoms with Crippen LogP contribution in [-0.4, -0.2) is 44.0 Å². The van der Waals surface area contributed by atoms with Crippen molar-refractivity contribution in [1.29, 1.82) is 0 Å². The Morgan fingerprint density at radius 1 is 1.19 bits per heavy atom. The molecule has 144 valence electrons. The van der Waals surface area contributed by atoms with Gasteiger partial charge in [-0.3, -0.25) is 9.59 Å². The third-order valence-corrected chi connectivity index (χ3v) is 5.77. The molecular weight excluding hydrogens is 388 g/mol. The summed E-state index contributed by atoms with van der Waals surface area (Å²) >= 11 is 7.59. The summed E-state index contributed by atoms with van der Waals surface area (Å²) in [6, 6.07) is 6.95. The third-order valence-electron chi connectivity index (χ3n) is 4.62. The fourth-order valence-electron chi connectivity index (χ4n) is 3.09. The van der Waals surface area contributed by atoms with E-state index in [1.165, 1.54) is 25.6 Å². The monoisotopic (exact) mass is 408 g/mol. The molecule has 0 radical (unpaired) electrons. The number of hydrogen-bond donors (Lipinski definition) is 1. The minimum atomic E-state index is -0.164. The minimum absolute atomic E-state index is 0.0347. The van der Waals surface area contributed by atoms with Crippen LogP contribution >= 0.6 is 22.9 Å². The van der Waals surface area contributed by atoms with Gasteiger partial charge >= 0.3 is 0 Å². The van der Waals surface area contributed by atoms with E-state index in [2.05, 4.69) is 5.32 Å². The number of carbonyl (C=O) groups is 2. The summed E-state index contributed by atoms with van der Waals surface area (Å²) in [6.07, 6.45) is 1.24. The smallest absolute Gasteiger partial charge is 0.263 e. The van der Waals surface area contributed by atoms with Crippen LogP contribution in [0, 0.1) is 5.92 Å². The Labute approximate surface area is 167 Å². The van der Waals surface area contributed by atoms with Crippen molar-refractivity contribution in [3.63, 3.8) is 0 Å². The zero-order chi connectivity index (χ0) is 19.4. The predicted octanol–water partition coefficient (Wildman–Crippen LogP) is 3.91. The molecule has 2 amide bonds. The summed E-state index contributed by atoms with van der Waals surface area (Å²) in [5, 5.41) is 5.17. The maximum atomic E-state index is 12.7. The molecule has 2 heterocycles. The lowest BCUT2D eigenvalue weighted by molar-refractivity contribution is -0.121. The fraction of sp³-hybridized carbons (Fsp3) is 0.368. The largest absolute Gasteiger partial charge is 0.495 e. The Bertz CT molecular complexity index is 817. The molecule has 8 heteroatoms. The van der Waals surface area contributed by atoms with E-state index in [4.69, 9.17) is 21.1 Å². The van der Waals surface area contributed by atoms with Gasteiger partial charge in [-0.1, -0.05) is 17.7 Å². The van der Waals surface area contributed by atoms with Gasteiger partial charge in [-0.05, 0) is 30.4 Å². The Kier molecular flexibility index (Phi) is 6.23. The molecule has 2 aromatic rings. The summed E-state index contributed by atoms with van der Waals surface area (Å²) in [4.78, 5) is 27.6. The Balaban J connectivity index is 1.62. The van der Waals surface area contributed by atoms with Crippen LogP contribution in [0.4, 0.5) is 5.69 Å².